The largest absolute Gasteiger partial charge is 0.494 e. The first-order valence-electron chi connectivity index (χ1n) is 9.19. The molecule has 0 saturated heterocycles. The van der Waals surface area contributed by atoms with Crippen molar-refractivity contribution in [3.63, 3.8) is 0 Å². The molecular formula is C22H30O2. The molecule has 2 heteroatoms. The number of benzene rings is 1. The Morgan fingerprint density at radius 3 is 2.42 bits per heavy atom. The van der Waals surface area contributed by atoms with Gasteiger partial charge in [-0.1, -0.05) is 56.2 Å². The lowest BCUT2D eigenvalue weighted by atomic mass is 9.85. The van der Waals surface area contributed by atoms with E-state index < -0.39 is 0 Å². The van der Waals surface area contributed by atoms with Crippen molar-refractivity contribution >= 4 is 5.78 Å². The molecule has 0 N–H and O–H groups in total. The molecule has 1 aromatic carbocycles. The Morgan fingerprint density at radius 1 is 1.12 bits per heavy atom. The Labute approximate surface area is 146 Å². The van der Waals surface area contributed by atoms with Crippen LogP contribution in [0.25, 0.3) is 0 Å². The summed E-state index contributed by atoms with van der Waals surface area (Å²) >= 11 is 0. The fraction of sp³-hybridized carbons (Fsp3) is 0.500. The van der Waals surface area contributed by atoms with Crippen LogP contribution in [-0.2, 0) is 11.2 Å². The van der Waals surface area contributed by atoms with Crippen LogP contribution in [-0.4, -0.2) is 12.4 Å². The average molecular weight is 326 g/mol. The number of hydrogen-bond acceptors (Lipinski definition) is 2. The van der Waals surface area contributed by atoms with Crippen LogP contribution < -0.4 is 4.74 Å². The highest BCUT2D eigenvalue weighted by atomic mass is 16.5. The molecule has 0 amide bonds. The first-order chi connectivity index (χ1) is 11.5. The topological polar surface area (TPSA) is 26.3 Å². The number of carbonyl (C=O) groups is 1. The maximum absolute atomic E-state index is 12.3. The van der Waals surface area contributed by atoms with Crippen LogP contribution in [0.4, 0.5) is 0 Å². The molecule has 0 spiro atoms. The van der Waals surface area contributed by atoms with Crippen molar-refractivity contribution in [2.24, 2.45) is 11.8 Å². The van der Waals surface area contributed by atoms with E-state index in [1.165, 1.54) is 11.1 Å². The van der Waals surface area contributed by atoms with E-state index in [0.29, 0.717) is 37.1 Å². The minimum atomic E-state index is 0.313. The molecule has 0 bridgehead atoms. The third-order valence-corrected chi connectivity index (χ3v) is 4.74. The highest BCUT2D eigenvalue weighted by Gasteiger charge is 2.23. The molecular weight excluding hydrogens is 296 g/mol. The normalized spacial score (nSPS) is 17.0. The van der Waals surface area contributed by atoms with Gasteiger partial charge in [-0.25, -0.2) is 0 Å². The minimum Gasteiger partial charge on any atom is -0.494 e. The van der Waals surface area contributed by atoms with E-state index in [1.807, 2.05) is 31.2 Å². The summed E-state index contributed by atoms with van der Waals surface area (Å²) in [6, 6.07) is 7.87. The van der Waals surface area contributed by atoms with Crippen molar-refractivity contribution in [3.05, 3.63) is 53.1 Å². The van der Waals surface area contributed by atoms with Gasteiger partial charge in [0.05, 0.1) is 6.61 Å². The second-order valence-corrected chi connectivity index (χ2v) is 6.82. The van der Waals surface area contributed by atoms with Crippen LogP contribution in [0, 0.1) is 11.8 Å². The quantitative estimate of drug-likeness (QED) is 0.597. The zero-order valence-electron chi connectivity index (χ0n) is 15.5. The van der Waals surface area contributed by atoms with Crippen LogP contribution >= 0.6 is 0 Å². The summed E-state index contributed by atoms with van der Waals surface area (Å²) in [5.74, 6) is 2.31. The molecule has 1 aliphatic rings. The van der Waals surface area contributed by atoms with Gasteiger partial charge < -0.3 is 4.74 Å². The van der Waals surface area contributed by atoms with E-state index in [-0.39, 0.29) is 0 Å². The fourth-order valence-electron chi connectivity index (χ4n) is 3.47. The van der Waals surface area contributed by atoms with Crippen LogP contribution in [0.3, 0.4) is 0 Å². The maximum Gasteiger partial charge on any atom is 0.137 e. The Kier molecular flexibility index (Phi) is 6.84. The number of allylic oxidation sites excluding steroid dienone is 4. The molecule has 0 aromatic heterocycles. The van der Waals surface area contributed by atoms with Crippen molar-refractivity contribution in [1.29, 1.82) is 0 Å². The Balaban J connectivity index is 1.83. The summed E-state index contributed by atoms with van der Waals surface area (Å²) in [5.41, 5.74) is 4.02. The predicted molar refractivity (Wildman–Crippen MR) is 100 cm³/mol. The molecule has 0 aliphatic heterocycles. The molecule has 0 heterocycles. The number of ketones is 1. The van der Waals surface area contributed by atoms with Gasteiger partial charge in [0.15, 0.2) is 0 Å². The van der Waals surface area contributed by atoms with E-state index >= 15 is 0 Å². The third-order valence-electron chi connectivity index (χ3n) is 4.74. The summed E-state index contributed by atoms with van der Waals surface area (Å²) < 4.78 is 5.44. The molecule has 1 aromatic rings. The van der Waals surface area contributed by atoms with Crippen LogP contribution in [0.2, 0.25) is 0 Å². The second kappa shape index (κ2) is 8.86. The maximum atomic E-state index is 12.3. The number of Topliss-reactive ketones (excluding diaryl/α,β-unsaturated/α-hetero) is 1. The summed E-state index contributed by atoms with van der Waals surface area (Å²) in [5, 5.41) is 0. The van der Waals surface area contributed by atoms with Crippen LogP contribution in [0.15, 0.2) is 47.6 Å². The van der Waals surface area contributed by atoms with Crippen LogP contribution in [0.1, 0.15) is 52.5 Å². The molecule has 0 saturated carbocycles. The molecule has 2 nitrogen and oxygen atoms in total. The van der Waals surface area contributed by atoms with Crippen molar-refractivity contribution in [3.8, 4) is 5.75 Å². The highest BCUT2D eigenvalue weighted by molar-refractivity contribution is 5.81. The van der Waals surface area contributed by atoms with Gasteiger partial charge in [0, 0.05) is 18.8 Å². The number of hydrogen-bond donors (Lipinski definition) is 0. The second-order valence-electron chi connectivity index (χ2n) is 6.82. The van der Waals surface area contributed by atoms with Gasteiger partial charge in [0.25, 0.3) is 0 Å². The first kappa shape index (κ1) is 18.5. The third kappa shape index (κ3) is 4.83. The molecule has 1 aliphatic carbocycles. The Bertz CT molecular complexity index is 605. The molecule has 1 unspecified atom stereocenters. The lowest BCUT2D eigenvalue weighted by molar-refractivity contribution is -0.118. The first-order valence-corrected chi connectivity index (χ1v) is 9.19. The van der Waals surface area contributed by atoms with E-state index in [4.69, 9.17) is 4.74 Å². The van der Waals surface area contributed by atoms with Crippen molar-refractivity contribution < 1.29 is 9.53 Å². The lowest BCUT2D eigenvalue weighted by Crippen LogP contribution is -2.10. The molecule has 24 heavy (non-hydrogen) atoms. The van der Waals surface area contributed by atoms with Gasteiger partial charge in [-0.3, -0.25) is 4.79 Å². The molecule has 0 fully saturated rings. The van der Waals surface area contributed by atoms with Gasteiger partial charge in [0.2, 0.25) is 0 Å². The zero-order valence-corrected chi connectivity index (χ0v) is 15.5. The van der Waals surface area contributed by atoms with Gasteiger partial charge in [-0.05, 0) is 43.4 Å². The summed E-state index contributed by atoms with van der Waals surface area (Å²) in [7, 11) is 0. The Morgan fingerprint density at radius 2 is 1.83 bits per heavy atom. The van der Waals surface area contributed by atoms with E-state index in [2.05, 4.69) is 32.9 Å². The smallest absolute Gasteiger partial charge is 0.137 e. The number of carbonyl (C=O) groups excluding carboxylic acids is 1. The number of rotatable bonds is 9. The minimum absolute atomic E-state index is 0.313. The summed E-state index contributed by atoms with van der Waals surface area (Å²) in [6.07, 6.45) is 7.68. The molecule has 1 atom stereocenters. The molecule has 0 radical (unpaired) electrons. The van der Waals surface area contributed by atoms with Crippen LogP contribution in [0.5, 0.6) is 5.75 Å². The molecule has 130 valence electrons. The van der Waals surface area contributed by atoms with Gasteiger partial charge in [-0.2, -0.15) is 0 Å². The van der Waals surface area contributed by atoms with E-state index in [1.54, 1.807) is 0 Å². The van der Waals surface area contributed by atoms with E-state index in [0.717, 1.165) is 24.2 Å². The highest BCUT2D eigenvalue weighted by Crippen LogP contribution is 2.36. The summed E-state index contributed by atoms with van der Waals surface area (Å²) in [4.78, 5) is 12.3. The van der Waals surface area contributed by atoms with Crippen molar-refractivity contribution in [2.75, 3.05) is 6.61 Å². The monoisotopic (exact) mass is 326 g/mol. The van der Waals surface area contributed by atoms with Gasteiger partial charge in [-0.15, -0.1) is 0 Å². The predicted octanol–water partition coefficient (Wildman–Crippen LogP) is 5.53. The van der Waals surface area contributed by atoms with Crippen molar-refractivity contribution in [2.45, 2.75) is 53.4 Å². The fourth-order valence-corrected chi connectivity index (χ4v) is 3.47. The Hall–Kier alpha value is -1.83. The van der Waals surface area contributed by atoms with Gasteiger partial charge >= 0.3 is 0 Å². The zero-order chi connectivity index (χ0) is 17.5. The van der Waals surface area contributed by atoms with Gasteiger partial charge in [0.1, 0.15) is 11.5 Å². The standard InChI is InChI=1S/C22H30O2/c1-5-21-18(10-14-22(21)16(3)4)9-11-19(23)15-17-7-12-20(13-8-17)24-6-2/h7-8,10,12-14,16,21H,5-6,9,11,15H2,1-4H3. The average Bonchev–Trinajstić information content (AvgIpc) is 2.98. The number of ether oxygens (including phenoxy) is 1. The van der Waals surface area contributed by atoms with Crippen molar-refractivity contribution in [1.82, 2.24) is 0 Å². The molecule has 2 rings (SSSR count). The van der Waals surface area contributed by atoms with E-state index in [9.17, 15) is 4.79 Å². The lowest BCUT2D eigenvalue weighted by Gasteiger charge is -2.20. The SMILES string of the molecule is CCOc1ccc(CC(=O)CCC2=CC=C(C(C)C)C2CC)cc1. The summed E-state index contributed by atoms with van der Waals surface area (Å²) in [6.45, 7) is 9.38.